The zero-order chi connectivity index (χ0) is 15.5. The standard InChI is InChI=1S/C16H23Cl2NO2/c17-14(18)12-10-8-6-4-2-1-3-5-7-9-11-13-15(19-13)16(20)21/h9,11-12,15H,1-8,10H2,(H,20,21)/b11-9+/t15-/m0/s1. The van der Waals surface area contributed by atoms with Gasteiger partial charge >= 0.3 is 5.97 Å². The maximum absolute atomic E-state index is 10.5. The molecule has 1 aliphatic heterocycles. The Labute approximate surface area is 136 Å². The minimum atomic E-state index is -0.849. The van der Waals surface area contributed by atoms with Gasteiger partial charge in [-0.2, -0.15) is 0 Å². The first-order chi connectivity index (χ1) is 10.1. The van der Waals surface area contributed by atoms with E-state index in [1.165, 1.54) is 32.1 Å². The van der Waals surface area contributed by atoms with Crippen molar-refractivity contribution in [2.45, 2.75) is 63.8 Å². The van der Waals surface area contributed by atoms with Crippen LogP contribution in [0.1, 0.15) is 57.8 Å². The molecule has 0 radical (unpaired) electrons. The van der Waals surface area contributed by atoms with E-state index in [-0.39, 0.29) is 0 Å². The summed E-state index contributed by atoms with van der Waals surface area (Å²) in [5.41, 5.74) is 0.702. The van der Waals surface area contributed by atoms with Gasteiger partial charge in [-0.15, -0.1) is 0 Å². The molecule has 0 aromatic carbocycles. The second-order valence-corrected chi connectivity index (χ2v) is 6.25. The number of hydrogen-bond donors (Lipinski definition) is 1. The lowest BCUT2D eigenvalue weighted by Gasteiger charge is -2.00. The van der Waals surface area contributed by atoms with Gasteiger partial charge in [0, 0.05) is 0 Å². The summed E-state index contributed by atoms with van der Waals surface area (Å²) >= 11 is 11.1. The molecule has 0 aromatic rings. The van der Waals surface area contributed by atoms with E-state index in [4.69, 9.17) is 28.3 Å². The molecular formula is C16H23Cl2NO2. The van der Waals surface area contributed by atoms with Crippen molar-refractivity contribution in [3.63, 3.8) is 0 Å². The third-order valence-electron chi connectivity index (χ3n) is 3.39. The van der Waals surface area contributed by atoms with Gasteiger partial charge in [0.2, 0.25) is 0 Å². The van der Waals surface area contributed by atoms with Crippen LogP contribution in [-0.2, 0) is 4.79 Å². The Morgan fingerprint density at radius 3 is 2.14 bits per heavy atom. The number of halogens is 2. The fraction of sp³-hybridized carbons (Fsp3) is 0.625. The van der Waals surface area contributed by atoms with Crippen molar-refractivity contribution in [3.05, 3.63) is 22.7 Å². The zero-order valence-electron chi connectivity index (χ0n) is 12.2. The predicted molar refractivity (Wildman–Crippen MR) is 89.3 cm³/mol. The Balaban J connectivity index is 1.81. The van der Waals surface area contributed by atoms with Gasteiger partial charge in [0.25, 0.3) is 0 Å². The van der Waals surface area contributed by atoms with Gasteiger partial charge < -0.3 is 5.11 Å². The molecule has 0 spiro atoms. The van der Waals surface area contributed by atoms with E-state index in [1.807, 2.05) is 18.2 Å². The molecule has 1 aliphatic rings. The molecule has 1 rings (SSSR count). The SMILES string of the molecule is O=C(O)[C@H]1N=C1/C=C/CCCCCCCCCC=C(Cl)Cl. The van der Waals surface area contributed by atoms with Crippen LogP contribution in [0.3, 0.4) is 0 Å². The fourth-order valence-corrected chi connectivity index (χ4v) is 2.35. The van der Waals surface area contributed by atoms with Crippen molar-refractivity contribution >= 4 is 34.9 Å². The number of nitrogens with zero attached hydrogens (tertiary/aromatic N) is 1. The Kier molecular flexibility index (Phi) is 9.44. The fourth-order valence-electron chi connectivity index (χ4n) is 2.13. The van der Waals surface area contributed by atoms with E-state index in [0.717, 1.165) is 25.7 Å². The van der Waals surface area contributed by atoms with E-state index in [9.17, 15) is 4.79 Å². The van der Waals surface area contributed by atoms with Crippen LogP contribution in [-0.4, -0.2) is 22.8 Å². The highest BCUT2D eigenvalue weighted by Crippen LogP contribution is 2.15. The molecule has 0 bridgehead atoms. The van der Waals surface area contributed by atoms with E-state index in [1.54, 1.807) is 0 Å². The van der Waals surface area contributed by atoms with Gasteiger partial charge in [-0.3, -0.25) is 4.99 Å². The highest BCUT2D eigenvalue weighted by molar-refractivity contribution is 6.55. The van der Waals surface area contributed by atoms with Crippen molar-refractivity contribution in [1.29, 1.82) is 0 Å². The summed E-state index contributed by atoms with van der Waals surface area (Å²) in [5.74, 6) is -0.849. The van der Waals surface area contributed by atoms with Crippen LogP contribution in [0.25, 0.3) is 0 Å². The second-order valence-electron chi connectivity index (χ2n) is 5.24. The largest absolute Gasteiger partial charge is 0.479 e. The van der Waals surface area contributed by atoms with Crippen LogP contribution in [0.4, 0.5) is 0 Å². The van der Waals surface area contributed by atoms with Crippen molar-refractivity contribution in [3.8, 4) is 0 Å². The Hall–Kier alpha value is -0.800. The zero-order valence-corrected chi connectivity index (χ0v) is 13.7. The smallest absolute Gasteiger partial charge is 0.334 e. The number of hydrogen-bond acceptors (Lipinski definition) is 2. The van der Waals surface area contributed by atoms with Gasteiger partial charge in [-0.05, 0) is 31.8 Å². The number of aliphatic imine (C=N–C) groups is 1. The summed E-state index contributed by atoms with van der Waals surface area (Å²) in [7, 11) is 0. The number of allylic oxidation sites excluding steroid dienone is 2. The highest BCUT2D eigenvalue weighted by Gasteiger charge is 2.32. The lowest BCUT2D eigenvalue weighted by molar-refractivity contribution is -0.135. The molecule has 0 fully saturated rings. The maximum Gasteiger partial charge on any atom is 0.334 e. The van der Waals surface area contributed by atoms with Crippen LogP contribution in [0, 0.1) is 0 Å². The molecule has 5 heteroatoms. The molecule has 1 N–H and O–H groups in total. The van der Waals surface area contributed by atoms with E-state index in [2.05, 4.69) is 4.99 Å². The van der Waals surface area contributed by atoms with E-state index in [0.29, 0.717) is 10.2 Å². The molecule has 1 heterocycles. The Morgan fingerprint density at radius 2 is 1.62 bits per heavy atom. The average molecular weight is 332 g/mol. The number of carboxylic acids is 1. The van der Waals surface area contributed by atoms with Gasteiger partial charge in [0.15, 0.2) is 6.04 Å². The second kappa shape index (κ2) is 10.9. The van der Waals surface area contributed by atoms with Gasteiger partial charge in [-0.1, -0.05) is 67.5 Å². The normalized spacial score (nSPS) is 16.9. The maximum atomic E-state index is 10.5. The number of carbonyl (C=O) groups is 1. The first kappa shape index (κ1) is 18.2. The summed E-state index contributed by atoms with van der Waals surface area (Å²) in [4.78, 5) is 14.4. The molecule has 0 amide bonds. The quantitative estimate of drug-likeness (QED) is 0.494. The minimum Gasteiger partial charge on any atom is -0.479 e. The number of carboxylic acid groups (broad SMARTS) is 1. The van der Waals surface area contributed by atoms with E-state index < -0.39 is 12.0 Å². The third-order valence-corrected chi connectivity index (χ3v) is 3.70. The van der Waals surface area contributed by atoms with Crippen LogP contribution in [0.15, 0.2) is 27.7 Å². The molecule has 21 heavy (non-hydrogen) atoms. The average Bonchev–Trinajstić information content (AvgIpc) is 3.19. The topological polar surface area (TPSA) is 49.7 Å². The van der Waals surface area contributed by atoms with Crippen molar-refractivity contribution in [2.24, 2.45) is 4.99 Å². The predicted octanol–water partition coefficient (Wildman–Crippen LogP) is 5.28. The minimum absolute atomic E-state index is 0.370. The summed E-state index contributed by atoms with van der Waals surface area (Å²) in [6.45, 7) is 0. The number of rotatable bonds is 12. The summed E-state index contributed by atoms with van der Waals surface area (Å²) < 4.78 is 0.370. The van der Waals surface area contributed by atoms with Crippen molar-refractivity contribution in [2.75, 3.05) is 0 Å². The van der Waals surface area contributed by atoms with Crippen molar-refractivity contribution < 1.29 is 9.90 Å². The molecular weight excluding hydrogens is 309 g/mol. The monoisotopic (exact) mass is 331 g/mol. The van der Waals surface area contributed by atoms with E-state index >= 15 is 0 Å². The highest BCUT2D eigenvalue weighted by atomic mass is 35.5. The Bertz CT molecular complexity index is 413. The van der Waals surface area contributed by atoms with Crippen LogP contribution in [0.5, 0.6) is 0 Å². The molecule has 3 nitrogen and oxygen atoms in total. The number of aliphatic carboxylic acids is 1. The first-order valence-corrected chi connectivity index (χ1v) is 8.35. The van der Waals surface area contributed by atoms with Crippen LogP contribution < -0.4 is 0 Å². The number of unbranched alkanes of at least 4 members (excludes halogenated alkanes) is 8. The van der Waals surface area contributed by atoms with Crippen molar-refractivity contribution in [1.82, 2.24) is 0 Å². The van der Waals surface area contributed by atoms with Gasteiger partial charge in [0.05, 0.1) is 5.71 Å². The van der Waals surface area contributed by atoms with Crippen LogP contribution in [0.2, 0.25) is 0 Å². The Morgan fingerprint density at radius 1 is 1.05 bits per heavy atom. The molecule has 0 unspecified atom stereocenters. The first-order valence-electron chi connectivity index (χ1n) is 7.59. The third kappa shape index (κ3) is 9.70. The molecule has 118 valence electrons. The molecule has 1 atom stereocenters. The van der Waals surface area contributed by atoms with Gasteiger partial charge in [0.1, 0.15) is 4.49 Å². The van der Waals surface area contributed by atoms with Gasteiger partial charge in [-0.25, -0.2) is 4.79 Å². The molecule has 0 aromatic heterocycles. The summed E-state index contributed by atoms with van der Waals surface area (Å²) in [6.07, 6.45) is 16.3. The summed E-state index contributed by atoms with van der Waals surface area (Å²) in [6, 6.07) is -0.565. The summed E-state index contributed by atoms with van der Waals surface area (Å²) in [5, 5.41) is 8.66. The van der Waals surface area contributed by atoms with Crippen LogP contribution >= 0.6 is 23.2 Å². The molecule has 0 saturated carbocycles. The molecule has 0 saturated heterocycles. The molecule has 0 aliphatic carbocycles. The lowest BCUT2D eigenvalue weighted by Crippen LogP contribution is -2.09. The lowest BCUT2D eigenvalue weighted by atomic mass is 10.1.